The largest absolute Gasteiger partial charge is 0.466 e. The quantitative estimate of drug-likeness (QED) is 0.849. The Balaban J connectivity index is 1.54. The van der Waals surface area contributed by atoms with Crippen molar-refractivity contribution in [1.29, 1.82) is 0 Å². The zero-order chi connectivity index (χ0) is 18.0. The number of nitrogens with zero attached hydrogens (tertiary/aromatic N) is 1. The van der Waals surface area contributed by atoms with Crippen LogP contribution in [-0.2, 0) is 15.7 Å². The Kier molecular flexibility index (Phi) is 4.43. The van der Waals surface area contributed by atoms with Gasteiger partial charge in [0, 0.05) is 24.6 Å². The summed E-state index contributed by atoms with van der Waals surface area (Å²) in [5, 5.41) is 2.53. The summed E-state index contributed by atoms with van der Waals surface area (Å²) in [6.07, 6.45) is -0.451. The third kappa shape index (κ3) is 3.96. The average Bonchev–Trinajstić information content (AvgIpc) is 2.96. The van der Waals surface area contributed by atoms with Gasteiger partial charge in [0.25, 0.3) is 5.91 Å². The predicted octanol–water partition coefficient (Wildman–Crippen LogP) is 2.65. The first kappa shape index (κ1) is 16.9. The van der Waals surface area contributed by atoms with Crippen molar-refractivity contribution in [2.45, 2.75) is 18.8 Å². The van der Waals surface area contributed by atoms with Gasteiger partial charge >= 0.3 is 6.18 Å². The van der Waals surface area contributed by atoms with E-state index in [-0.39, 0.29) is 17.9 Å². The van der Waals surface area contributed by atoms with Gasteiger partial charge in [-0.3, -0.25) is 9.59 Å². The molecule has 1 N–H and O–H groups in total. The van der Waals surface area contributed by atoms with E-state index in [4.69, 9.17) is 4.74 Å². The van der Waals surface area contributed by atoms with Crippen LogP contribution < -0.4 is 5.32 Å². The van der Waals surface area contributed by atoms with Gasteiger partial charge in [-0.25, -0.2) is 4.99 Å². The van der Waals surface area contributed by atoms with Crippen LogP contribution in [0.5, 0.6) is 0 Å². The average molecular weight is 350 g/mol. The number of carbonyl (C=O) groups is 2. The van der Waals surface area contributed by atoms with E-state index in [9.17, 15) is 22.8 Å². The van der Waals surface area contributed by atoms with Crippen molar-refractivity contribution in [3.63, 3.8) is 0 Å². The Morgan fingerprint density at radius 2 is 2.08 bits per heavy atom. The highest BCUT2D eigenvalue weighted by molar-refractivity contribution is 6.19. The molecule has 3 rings (SSSR count). The van der Waals surface area contributed by atoms with Crippen LogP contribution in [0, 0.1) is 0 Å². The topological polar surface area (TPSA) is 67.8 Å². The van der Waals surface area contributed by atoms with Gasteiger partial charge in [0.1, 0.15) is 5.71 Å². The molecule has 1 unspecified atom stereocenters. The molecule has 1 aromatic rings. The highest BCUT2D eigenvalue weighted by Gasteiger charge is 2.31. The number of aliphatic imine (C=N–C) groups is 1. The number of hydrogen-bond acceptors (Lipinski definition) is 4. The van der Waals surface area contributed by atoms with Crippen molar-refractivity contribution < 1.29 is 27.5 Å². The Morgan fingerprint density at radius 3 is 2.84 bits per heavy atom. The van der Waals surface area contributed by atoms with E-state index in [2.05, 4.69) is 10.3 Å². The molecule has 0 saturated heterocycles. The molecule has 0 radical (unpaired) electrons. The molecule has 8 heteroatoms. The lowest BCUT2D eigenvalue weighted by molar-refractivity contribution is -0.137. The van der Waals surface area contributed by atoms with Crippen molar-refractivity contribution >= 4 is 17.4 Å². The van der Waals surface area contributed by atoms with Gasteiger partial charge in [-0.1, -0.05) is 6.07 Å². The second-order valence-electron chi connectivity index (χ2n) is 5.45. The molecule has 130 valence electrons. The molecule has 25 heavy (non-hydrogen) atoms. The van der Waals surface area contributed by atoms with Gasteiger partial charge in [0.05, 0.1) is 5.56 Å². The molecular weight excluding hydrogens is 337 g/mol. The fraction of sp³-hybridized carbons (Fsp3) is 0.235. The molecule has 0 bridgehead atoms. The highest BCUT2D eigenvalue weighted by atomic mass is 19.4. The molecule has 1 heterocycles. The number of halogens is 3. The maximum atomic E-state index is 12.7. The maximum Gasteiger partial charge on any atom is 0.416 e. The summed E-state index contributed by atoms with van der Waals surface area (Å²) in [5.41, 5.74) is -0.384. The van der Waals surface area contributed by atoms with Crippen LogP contribution in [0.1, 0.15) is 22.3 Å². The van der Waals surface area contributed by atoms with Crippen LogP contribution in [0.15, 0.2) is 53.2 Å². The molecule has 1 amide bonds. The number of allylic oxidation sites excluding steroid dienone is 3. The summed E-state index contributed by atoms with van der Waals surface area (Å²) in [6.45, 7) is 0.168. The van der Waals surface area contributed by atoms with Crippen molar-refractivity contribution in [2.24, 2.45) is 4.99 Å². The number of fused-ring (bicyclic) bond motifs is 1. The summed E-state index contributed by atoms with van der Waals surface area (Å²) in [4.78, 5) is 27.5. The van der Waals surface area contributed by atoms with Crippen LogP contribution in [0.25, 0.3) is 0 Å². The van der Waals surface area contributed by atoms with Crippen molar-refractivity contribution in [1.82, 2.24) is 5.32 Å². The summed E-state index contributed by atoms with van der Waals surface area (Å²) >= 11 is 0. The lowest BCUT2D eigenvalue weighted by Crippen LogP contribution is -2.27. The van der Waals surface area contributed by atoms with E-state index >= 15 is 0 Å². The summed E-state index contributed by atoms with van der Waals surface area (Å²) < 4.78 is 43.5. The van der Waals surface area contributed by atoms with E-state index in [1.165, 1.54) is 24.3 Å². The zero-order valence-corrected chi connectivity index (χ0v) is 12.8. The number of carbonyl (C=O) groups excluding carboxylic acids is 2. The van der Waals surface area contributed by atoms with E-state index < -0.39 is 23.9 Å². The second-order valence-corrected chi connectivity index (χ2v) is 5.45. The number of ether oxygens (including phenoxy) is 1. The van der Waals surface area contributed by atoms with E-state index in [0.29, 0.717) is 17.9 Å². The highest BCUT2D eigenvalue weighted by Crippen LogP contribution is 2.29. The standard InChI is InChI=1S/C17H13F3N2O3/c18-17(19,20)11-3-1-2-10(8-11)16(24)21-7-6-15-22-13-5-4-12(23)9-14(13)25-15/h1-5,8-9,15H,6-7H2,(H,21,24). The first-order chi connectivity index (χ1) is 11.8. The second kappa shape index (κ2) is 6.54. The van der Waals surface area contributed by atoms with Gasteiger partial charge in [-0.2, -0.15) is 13.2 Å². The van der Waals surface area contributed by atoms with Gasteiger partial charge in [0.2, 0.25) is 0 Å². The number of hydrogen-bond donors (Lipinski definition) is 1. The molecule has 5 nitrogen and oxygen atoms in total. The number of nitrogens with one attached hydrogen (secondary N) is 1. The predicted molar refractivity (Wildman–Crippen MR) is 82.9 cm³/mol. The van der Waals surface area contributed by atoms with E-state index in [1.807, 2.05) is 0 Å². The van der Waals surface area contributed by atoms with Gasteiger partial charge in [-0.15, -0.1) is 0 Å². The van der Waals surface area contributed by atoms with Crippen molar-refractivity contribution in [2.75, 3.05) is 6.54 Å². The van der Waals surface area contributed by atoms with Crippen LogP contribution >= 0.6 is 0 Å². The van der Waals surface area contributed by atoms with E-state index in [0.717, 1.165) is 12.1 Å². The Bertz CT molecular complexity index is 810. The van der Waals surface area contributed by atoms with Gasteiger partial charge < -0.3 is 10.1 Å². The Hall–Kier alpha value is -2.90. The lowest BCUT2D eigenvalue weighted by Gasteiger charge is -2.11. The van der Waals surface area contributed by atoms with E-state index in [1.54, 1.807) is 6.08 Å². The van der Waals surface area contributed by atoms with Crippen LogP contribution in [0.2, 0.25) is 0 Å². The molecule has 2 aliphatic rings. The molecule has 0 aromatic heterocycles. The Labute approximate surface area is 140 Å². The molecule has 0 saturated carbocycles. The number of rotatable bonds is 4. The summed E-state index contributed by atoms with van der Waals surface area (Å²) in [5.74, 6) is -0.405. The number of amides is 1. The Morgan fingerprint density at radius 1 is 1.28 bits per heavy atom. The van der Waals surface area contributed by atoms with Crippen LogP contribution in [-0.4, -0.2) is 30.2 Å². The number of benzene rings is 1. The third-order valence-electron chi connectivity index (χ3n) is 3.61. The smallest absolute Gasteiger partial charge is 0.416 e. The lowest BCUT2D eigenvalue weighted by atomic mass is 10.1. The molecule has 1 atom stereocenters. The minimum Gasteiger partial charge on any atom is -0.466 e. The van der Waals surface area contributed by atoms with Crippen LogP contribution in [0.4, 0.5) is 13.2 Å². The zero-order valence-electron chi connectivity index (χ0n) is 12.8. The minimum absolute atomic E-state index is 0.0709. The minimum atomic E-state index is -4.50. The molecule has 1 aliphatic carbocycles. The number of alkyl halides is 3. The fourth-order valence-corrected chi connectivity index (χ4v) is 2.40. The summed E-state index contributed by atoms with van der Waals surface area (Å²) in [7, 11) is 0. The molecule has 1 aliphatic heterocycles. The maximum absolute atomic E-state index is 12.7. The van der Waals surface area contributed by atoms with Gasteiger partial charge in [0.15, 0.2) is 17.8 Å². The SMILES string of the molecule is O=C1C=CC2=NC(CCNC(=O)c3cccc(C(F)(F)F)c3)OC2=C1. The first-order valence-corrected chi connectivity index (χ1v) is 7.47. The fourth-order valence-electron chi connectivity index (χ4n) is 2.40. The normalized spacial score (nSPS) is 19.0. The molecular formula is C17H13F3N2O3. The van der Waals surface area contributed by atoms with Crippen molar-refractivity contribution in [3.05, 3.63) is 59.4 Å². The molecule has 0 fully saturated rings. The summed E-state index contributed by atoms with van der Waals surface area (Å²) in [6, 6.07) is 4.21. The van der Waals surface area contributed by atoms with Crippen molar-refractivity contribution in [3.8, 4) is 0 Å². The monoisotopic (exact) mass is 350 g/mol. The van der Waals surface area contributed by atoms with Gasteiger partial charge in [-0.05, 0) is 30.4 Å². The third-order valence-corrected chi connectivity index (χ3v) is 3.61. The van der Waals surface area contributed by atoms with Crippen LogP contribution in [0.3, 0.4) is 0 Å². The number of ketones is 1. The first-order valence-electron chi connectivity index (χ1n) is 7.47. The molecule has 1 aromatic carbocycles. The molecule has 0 spiro atoms.